The van der Waals surface area contributed by atoms with Crippen LogP contribution in [0.25, 0.3) is 0 Å². The molecule has 1 amide bonds. The smallest absolute Gasteiger partial charge is 0.263 e. The van der Waals surface area contributed by atoms with E-state index < -0.39 is 0 Å². The molecule has 0 saturated carbocycles. The van der Waals surface area contributed by atoms with Crippen molar-refractivity contribution >= 4 is 17.2 Å². The first kappa shape index (κ1) is 21.7. The highest BCUT2D eigenvalue weighted by molar-refractivity contribution is 7.12. The van der Waals surface area contributed by atoms with Crippen LogP contribution in [0.3, 0.4) is 0 Å². The quantitative estimate of drug-likeness (QED) is 0.529. The van der Waals surface area contributed by atoms with E-state index in [-0.39, 0.29) is 17.8 Å². The fourth-order valence-electron chi connectivity index (χ4n) is 4.48. The topological polar surface area (TPSA) is 36.4 Å². The number of nitrogens with zero attached hydrogens (tertiary/aromatic N) is 3. The van der Waals surface area contributed by atoms with Gasteiger partial charge in [0.2, 0.25) is 0 Å². The van der Waals surface area contributed by atoms with Crippen molar-refractivity contribution in [3.8, 4) is 0 Å². The fourth-order valence-corrected chi connectivity index (χ4v) is 5.19. The van der Waals surface area contributed by atoms with E-state index in [9.17, 15) is 9.18 Å². The van der Waals surface area contributed by atoms with Crippen LogP contribution in [0, 0.1) is 11.7 Å². The predicted octanol–water partition coefficient (Wildman–Crippen LogP) is 4.88. The van der Waals surface area contributed by atoms with Crippen LogP contribution < -0.4 is 0 Å². The number of hydrogen-bond acceptors (Lipinski definition) is 4. The summed E-state index contributed by atoms with van der Waals surface area (Å²) in [6.07, 6.45) is 6.22. The van der Waals surface area contributed by atoms with Gasteiger partial charge in [0, 0.05) is 32.0 Å². The summed E-state index contributed by atoms with van der Waals surface area (Å²) in [5.41, 5.74) is 1.89. The number of carbonyl (C=O) groups is 1. The Morgan fingerprint density at radius 2 is 2.00 bits per heavy atom. The van der Waals surface area contributed by atoms with Crippen LogP contribution in [-0.2, 0) is 13.0 Å². The first-order valence-electron chi connectivity index (χ1n) is 10.8. The Morgan fingerprint density at radius 3 is 2.68 bits per heavy atom. The van der Waals surface area contributed by atoms with Gasteiger partial charge in [-0.15, -0.1) is 11.3 Å². The van der Waals surface area contributed by atoms with Crippen LogP contribution in [0.1, 0.15) is 33.6 Å². The van der Waals surface area contributed by atoms with Crippen molar-refractivity contribution in [2.24, 2.45) is 5.92 Å². The molecule has 1 fully saturated rings. The minimum Gasteiger partial charge on any atom is -0.337 e. The zero-order valence-electron chi connectivity index (χ0n) is 17.8. The van der Waals surface area contributed by atoms with Gasteiger partial charge in [0.1, 0.15) is 5.82 Å². The van der Waals surface area contributed by atoms with Crippen molar-refractivity contribution in [3.63, 3.8) is 0 Å². The molecule has 1 atom stereocenters. The van der Waals surface area contributed by atoms with Crippen molar-refractivity contribution in [1.29, 1.82) is 0 Å². The molecule has 0 N–H and O–H groups in total. The molecule has 4 nitrogen and oxygen atoms in total. The molecule has 31 heavy (non-hydrogen) atoms. The van der Waals surface area contributed by atoms with Crippen LogP contribution in [0.2, 0.25) is 0 Å². The normalized spacial score (nSPS) is 16.2. The van der Waals surface area contributed by atoms with Crippen LogP contribution >= 0.6 is 11.3 Å². The van der Waals surface area contributed by atoms with Gasteiger partial charge in [-0.2, -0.15) is 0 Å². The second-order valence-electron chi connectivity index (χ2n) is 8.23. The van der Waals surface area contributed by atoms with Crippen molar-refractivity contribution in [2.75, 3.05) is 20.1 Å². The molecule has 1 saturated heterocycles. The van der Waals surface area contributed by atoms with E-state index >= 15 is 0 Å². The molecule has 3 aromatic rings. The molecule has 4 rings (SSSR count). The lowest BCUT2D eigenvalue weighted by Gasteiger charge is -2.40. The van der Waals surface area contributed by atoms with Crippen LogP contribution in [0.15, 0.2) is 66.3 Å². The molecule has 0 bridgehead atoms. The third kappa shape index (κ3) is 5.38. The summed E-state index contributed by atoms with van der Waals surface area (Å²) in [6, 6.07) is 14.7. The molecule has 0 aliphatic carbocycles. The number of pyridine rings is 1. The van der Waals surface area contributed by atoms with E-state index in [1.165, 1.54) is 23.0 Å². The lowest BCUT2D eigenvalue weighted by Crippen LogP contribution is -2.47. The molecule has 0 radical (unpaired) electrons. The number of benzene rings is 1. The van der Waals surface area contributed by atoms with E-state index in [4.69, 9.17) is 0 Å². The van der Waals surface area contributed by atoms with Crippen molar-refractivity contribution < 1.29 is 9.18 Å². The number of rotatable bonds is 7. The van der Waals surface area contributed by atoms with Crippen LogP contribution in [-0.4, -0.2) is 46.9 Å². The second kappa shape index (κ2) is 10.2. The Labute approximate surface area is 187 Å². The van der Waals surface area contributed by atoms with Gasteiger partial charge in [-0.1, -0.05) is 30.3 Å². The predicted molar refractivity (Wildman–Crippen MR) is 123 cm³/mol. The zero-order valence-corrected chi connectivity index (χ0v) is 18.6. The van der Waals surface area contributed by atoms with E-state index in [1.54, 1.807) is 12.3 Å². The molecular weight excluding hydrogens is 409 g/mol. The molecule has 1 aliphatic heterocycles. The number of piperidine rings is 1. The first-order valence-corrected chi connectivity index (χ1v) is 11.6. The molecule has 0 spiro atoms. The van der Waals surface area contributed by atoms with Gasteiger partial charge in [0.15, 0.2) is 0 Å². The summed E-state index contributed by atoms with van der Waals surface area (Å²) in [7, 11) is 1.87. The number of aromatic nitrogens is 1. The maximum Gasteiger partial charge on any atom is 0.263 e. The third-order valence-corrected chi connectivity index (χ3v) is 7.10. The molecule has 3 heterocycles. The van der Waals surface area contributed by atoms with E-state index in [2.05, 4.69) is 16.0 Å². The van der Waals surface area contributed by atoms with Gasteiger partial charge in [0.05, 0.1) is 4.88 Å². The number of amides is 1. The largest absolute Gasteiger partial charge is 0.337 e. The lowest BCUT2D eigenvalue weighted by atomic mass is 9.84. The van der Waals surface area contributed by atoms with Gasteiger partial charge in [-0.25, -0.2) is 4.39 Å². The Hall–Kier alpha value is -2.57. The van der Waals surface area contributed by atoms with Gasteiger partial charge in [0.25, 0.3) is 5.91 Å². The minimum absolute atomic E-state index is 0.0223. The Balaban J connectivity index is 1.48. The van der Waals surface area contributed by atoms with E-state index in [0.717, 1.165) is 37.4 Å². The Bertz CT molecular complexity index is 971. The van der Waals surface area contributed by atoms with Gasteiger partial charge in [-0.3, -0.25) is 14.7 Å². The molecule has 162 valence electrons. The highest BCUT2D eigenvalue weighted by Gasteiger charge is 2.32. The third-order valence-electron chi connectivity index (χ3n) is 6.24. The number of hydrogen-bond donors (Lipinski definition) is 0. The molecular formula is C25H28FN3OS. The van der Waals surface area contributed by atoms with Gasteiger partial charge < -0.3 is 4.90 Å². The summed E-state index contributed by atoms with van der Waals surface area (Å²) in [5.74, 6) is 0.159. The number of likely N-dealkylation sites (N-methyl/N-ethyl adjacent to an activating group) is 1. The molecule has 1 aromatic carbocycles. The molecule has 6 heteroatoms. The maximum atomic E-state index is 14.4. The lowest BCUT2D eigenvalue weighted by molar-refractivity contribution is 0.0588. The Kier molecular flexibility index (Phi) is 7.10. The molecule has 1 unspecified atom stereocenters. The number of halogens is 1. The van der Waals surface area contributed by atoms with Crippen molar-refractivity contribution in [1.82, 2.24) is 14.8 Å². The summed E-state index contributed by atoms with van der Waals surface area (Å²) < 4.78 is 14.4. The standard InChI is InChI=1S/C25H28FN3OS/c1-28(25(30)24-9-5-15-31-24)23(16-21-7-2-3-8-22(21)26)20-10-13-29(14-11-20)18-19-6-4-12-27-17-19/h2-9,12,15,17,20,23H,10-11,13-14,16,18H2,1H3. The monoisotopic (exact) mass is 437 g/mol. The minimum atomic E-state index is -0.196. The van der Waals surface area contributed by atoms with Gasteiger partial charge in [-0.05, 0) is 73.0 Å². The maximum absolute atomic E-state index is 14.4. The van der Waals surface area contributed by atoms with E-state index in [0.29, 0.717) is 17.9 Å². The SMILES string of the molecule is CN(C(=O)c1cccs1)C(Cc1ccccc1F)C1CCN(Cc2cccnc2)CC1. The number of carbonyl (C=O) groups excluding carboxylic acids is 1. The second-order valence-corrected chi connectivity index (χ2v) is 9.18. The Morgan fingerprint density at radius 1 is 1.19 bits per heavy atom. The summed E-state index contributed by atoms with van der Waals surface area (Å²) in [6.45, 7) is 2.82. The first-order chi connectivity index (χ1) is 15.1. The zero-order chi connectivity index (χ0) is 21.6. The van der Waals surface area contributed by atoms with Gasteiger partial charge >= 0.3 is 0 Å². The van der Waals surface area contributed by atoms with Crippen LogP contribution in [0.4, 0.5) is 4.39 Å². The molecule has 1 aliphatic rings. The molecule has 2 aromatic heterocycles. The van der Waals surface area contributed by atoms with E-state index in [1.807, 2.05) is 53.9 Å². The summed E-state index contributed by atoms with van der Waals surface area (Å²) >= 11 is 1.46. The number of thiophene rings is 1. The summed E-state index contributed by atoms with van der Waals surface area (Å²) in [5, 5.41) is 1.92. The fraction of sp³-hybridized carbons (Fsp3) is 0.360. The van der Waals surface area contributed by atoms with Crippen LogP contribution in [0.5, 0.6) is 0 Å². The summed E-state index contributed by atoms with van der Waals surface area (Å²) in [4.78, 5) is 22.3. The van der Waals surface area contributed by atoms with Crippen molar-refractivity contribution in [3.05, 3.63) is 88.1 Å². The highest BCUT2D eigenvalue weighted by atomic mass is 32.1. The average Bonchev–Trinajstić information content (AvgIpc) is 3.34. The van der Waals surface area contributed by atoms with Crippen molar-refractivity contribution in [2.45, 2.75) is 31.8 Å². The highest BCUT2D eigenvalue weighted by Crippen LogP contribution is 2.29. The number of likely N-dealkylation sites (tertiary alicyclic amines) is 1. The average molecular weight is 438 g/mol.